The van der Waals surface area contributed by atoms with Crippen LogP contribution in [-0.2, 0) is 0 Å². The number of fused-ring (bicyclic) bond motifs is 5. The van der Waals surface area contributed by atoms with Gasteiger partial charge in [0.1, 0.15) is 0 Å². The topological polar surface area (TPSA) is 4.93 Å². The molecule has 0 unspecified atom stereocenters. The first-order valence-electron chi connectivity index (χ1n) is 18.1. The zero-order valence-electron chi connectivity index (χ0n) is 28.8. The largest absolute Gasteiger partial charge is 0.309 e. The van der Waals surface area contributed by atoms with E-state index in [2.05, 4.69) is 193 Å². The Morgan fingerprint density at radius 3 is 1.60 bits per heavy atom. The van der Waals surface area contributed by atoms with Crippen LogP contribution in [0.5, 0.6) is 0 Å². The molecule has 0 saturated carbocycles. The minimum atomic E-state index is 1.16. The highest BCUT2D eigenvalue weighted by molar-refractivity contribution is 6.27. The lowest BCUT2D eigenvalue weighted by molar-refractivity contribution is 1.19. The normalized spacial score (nSPS) is 11.9. The van der Waals surface area contributed by atoms with Crippen molar-refractivity contribution in [3.63, 3.8) is 0 Å². The van der Waals surface area contributed by atoms with Gasteiger partial charge in [-0.05, 0) is 102 Å². The number of aryl methyl sites for hydroxylation is 1. The summed E-state index contributed by atoms with van der Waals surface area (Å²) >= 11 is 0. The maximum Gasteiger partial charge on any atom is 0.0619 e. The van der Waals surface area contributed by atoms with Gasteiger partial charge in [0, 0.05) is 21.8 Å². The number of nitrogens with zero attached hydrogens (tertiary/aromatic N) is 1. The van der Waals surface area contributed by atoms with E-state index in [1.54, 1.807) is 0 Å². The summed E-state index contributed by atoms with van der Waals surface area (Å²) in [7, 11) is 0. The monoisotopic (exact) mass is 659 g/mol. The fourth-order valence-corrected chi connectivity index (χ4v) is 8.69. The molecule has 1 nitrogen and oxygen atoms in total. The lowest BCUT2D eigenvalue weighted by atomic mass is 9.87. The van der Waals surface area contributed by atoms with Gasteiger partial charge in [0.15, 0.2) is 0 Å². The summed E-state index contributed by atoms with van der Waals surface area (Å²) in [6, 6.07) is 67.4. The van der Waals surface area contributed by atoms with Crippen molar-refractivity contribution in [1.82, 2.24) is 4.57 Å². The molecule has 0 amide bonds. The van der Waals surface area contributed by atoms with Crippen LogP contribution in [0.4, 0.5) is 0 Å². The summed E-state index contributed by atoms with van der Waals surface area (Å²) in [5.41, 5.74) is 12.4. The van der Waals surface area contributed by atoms with E-state index in [1.807, 2.05) is 0 Å². The summed E-state index contributed by atoms with van der Waals surface area (Å²) in [6.45, 7) is 2.15. The highest BCUT2D eigenvalue weighted by Gasteiger charge is 2.18. The second kappa shape index (κ2) is 11.2. The smallest absolute Gasteiger partial charge is 0.0619 e. The molecule has 11 rings (SSSR count). The minimum Gasteiger partial charge on any atom is -0.309 e. The van der Waals surface area contributed by atoms with Gasteiger partial charge in [-0.3, -0.25) is 0 Å². The van der Waals surface area contributed by atoms with E-state index in [1.165, 1.54) is 104 Å². The van der Waals surface area contributed by atoms with Gasteiger partial charge in [0.2, 0.25) is 0 Å². The summed E-state index contributed by atoms with van der Waals surface area (Å²) in [6.07, 6.45) is 0. The number of hydrogen-bond acceptors (Lipinski definition) is 0. The minimum absolute atomic E-state index is 1.16. The number of benzene rings is 10. The fourth-order valence-electron chi connectivity index (χ4n) is 8.69. The molecule has 0 aliphatic rings. The van der Waals surface area contributed by atoms with Gasteiger partial charge in [-0.15, -0.1) is 0 Å². The predicted molar refractivity (Wildman–Crippen MR) is 223 cm³/mol. The molecule has 10 aromatic carbocycles. The maximum atomic E-state index is 2.46. The third-order valence-corrected chi connectivity index (χ3v) is 11.2. The van der Waals surface area contributed by atoms with E-state index in [0.717, 1.165) is 5.69 Å². The van der Waals surface area contributed by atoms with Crippen LogP contribution in [0.3, 0.4) is 0 Å². The summed E-state index contributed by atoms with van der Waals surface area (Å²) in [5.74, 6) is 0. The summed E-state index contributed by atoms with van der Waals surface area (Å²) < 4.78 is 2.46. The van der Waals surface area contributed by atoms with Crippen molar-refractivity contribution in [2.45, 2.75) is 6.92 Å². The first kappa shape index (κ1) is 29.1. The first-order chi connectivity index (χ1) is 25.7. The van der Waals surface area contributed by atoms with E-state index in [9.17, 15) is 0 Å². The van der Waals surface area contributed by atoms with Gasteiger partial charge in [0.05, 0.1) is 11.0 Å². The Labute approximate surface area is 302 Å². The lowest BCUT2D eigenvalue weighted by Crippen LogP contribution is -1.95. The van der Waals surface area contributed by atoms with E-state index in [0.29, 0.717) is 0 Å². The second-order valence-corrected chi connectivity index (χ2v) is 14.2. The Hall–Kier alpha value is -6.70. The number of aromatic nitrogens is 1. The van der Waals surface area contributed by atoms with Crippen LogP contribution in [0.25, 0.3) is 104 Å². The van der Waals surface area contributed by atoms with Gasteiger partial charge in [-0.2, -0.15) is 0 Å². The lowest BCUT2D eigenvalue weighted by Gasteiger charge is -2.17. The zero-order chi connectivity index (χ0) is 34.3. The number of hydrogen-bond donors (Lipinski definition) is 0. The molecule has 0 N–H and O–H groups in total. The van der Waals surface area contributed by atoms with Gasteiger partial charge in [-0.1, -0.05) is 163 Å². The Morgan fingerprint density at radius 1 is 0.346 bits per heavy atom. The molecule has 0 bridgehead atoms. The highest BCUT2D eigenvalue weighted by Crippen LogP contribution is 2.43. The van der Waals surface area contributed by atoms with E-state index in [4.69, 9.17) is 0 Å². The van der Waals surface area contributed by atoms with Gasteiger partial charge in [-0.25, -0.2) is 0 Å². The molecule has 1 aromatic heterocycles. The molecule has 0 aliphatic heterocycles. The molecule has 0 radical (unpaired) electrons. The van der Waals surface area contributed by atoms with Crippen LogP contribution < -0.4 is 0 Å². The quantitative estimate of drug-likeness (QED) is 0.166. The van der Waals surface area contributed by atoms with Crippen molar-refractivity contribution >= 4 is 64.9 Å². The SMILES string of the molecule is Cc1ccc(-c2ccc3ccc4c(-c5ccc(-n6c7ccc(-c8ccccc8)cc7c7ccc8ccccc8c76)cc5)ccc5ccc2c3c54)cc1. The first-order valence-corrected chi connectivity index (χ1v) is 18.1. The summed E-state index contributed by atoms with van der Waals surface area (Å²) in [4.78, 5) is 0. The van der Waals surface area contributed by atoms with Crippen molar-refractivity contribution in [3.8, 4) is 39.1 Å². The van der Waals surface area contributed by atoms with E-state index >= 15 is 0 Å². The molecule has 0 aliphatic carbocycles. The standard InChI is InChI=1S/C51H33N/c1-32-11-13-35(14-12-32)41-25-18-37-21-28-45-42(26-19-38-20-27-44(41)49(37)50(38)45)36-15-23-40(24-16-36)52-48-30-22-39(33-7-3-2-4-8-33)31-47(48)46-29-17-34-9-5-6-10-43(34)51(46)52/h2-31H,1H3. The van der Waals surface area contributed by atoms with E-state index in [-0.39, 0.29) is 0 Å². The second-order valence-electron chi connectivity index (χ2n) is 14.2. The van der Waals surface area contributed by atoms with Crippen LogP contribution in [0.2, 0.25) is 0 Å². The average molecular weight is 660 g/mol. The highest BCUT2D eigenvalue weighted by atomic mass is 15.0. The van der Waals surface area contributed by atoms with Crippen LogP contribution in [0, 0.1) is 6.92 Å². The van der Waals surface area contributed by atoms with Crippen molar-refractivity contribution in [3.05, 3.63) is 188 Å². The van der Waals surface area contributed by atoms with Crippen molar-refractivity contribution in [1.29, 1.82) is 0 Å². The predicted octanol–water partition coefficient (Wildman–Crippen LogP) is 14.1. The zero-order valence-corrected chi connectivity index (χ0v) is 28.8. The fraction of sp³-hybridized carbons (Fsp3) is 0.0196. The molecule has 242 valence electrons. The molecule has 1 heteroatoms. The van der Waals surface area contributed by atoms with Crippen molar-refractivity contribution in [2.24, 2.45) is 0 Å². The van der Waals surface area contributed by atoms with Crippen molar-refractivity contribution in [2.75, 3.05) is 0 Å². The van der Waals surface area contributed by atoms with Crippen molar-refractivity contribution < 1.29 is 0 Å². The molecule has 0 fully saturated rings. The molecule has 0 saturated heterocycles. The summed E-state index contributed by atoms with van der Waals surface area (Å²) in [5, 5.41) is 12.9. The van der Waals surface area contributed by atoms with Crippen LogP contribution in [0.1, 0.15) is 5.56 Å². The third-order valence-electron chi connectivity index (χ3n) is 11.2. The molecular weight excluding hydrogens is 627 g/mol. The Bertz CT molecular complexity index is 3150. The average Bonchev–Trinajstić information content (AvgIpc) is 3.55. The molecule has 11 aromatic rings. The Balaban J connectivity index is 1.09. The van der Waals surface area contributed by atoms with Crippen LogP contribution in [-0.4, -0.2) is 4.57 Å². The van der Waals surface area contributed by atoms with E-state index < -0.39 is 0 Å². The third kappa shape index (κ3) is 4.30. The molecule has 0 atom stereocenters. The Morgan fingerprint density at radius 2 is 0.904 bits per heavy atom. The molecule has 0 spiro atoms. The number of rotatable bonds is 4. The van der Waals surface area contributed by atoms with Crippen LogP contribution in [0.15, 0.2) is 182 Å². The Kier molecular flexibility index (Phi) is 6.23. The molecule has 52 heavy (non-hydrogen) atoms. The van der Waals surface area contributed by atoms with Gasteiger partial charge < -0.3 is 4.57 Å². The van der Waals surface area contributed by atoms with Gasteiger partial charge in [0.25, 0.3) is 0 Å². The van der Waals surface area contributed by atoms with Crippen LogP contribution >= 0.6 is 0 Å². The molecule has 1 heterocycles. The maximum absolute atomic E-state index is 2.46. The molecular formula is C51H33N. The van der Waals surface area contributed by atoms with Gasteiger partial charge >= 0.3 is 0 Å².